The van der Waals surface area contributed by atoms with E-state index < -0.39 is 0 Å². The summed E-state index contributed by atoms with van der Waals surface area (Å²) in [5, 5.41) is 3.30. The summed E-state index contributed by atoms with van der Waals surface area (Å²) >= 11 is 0. The van der Waals surface area contributed by atoms with Crippen LogP contribution in [0.4, 0.5) is 11.6 Å². The topological polar surface area (TPSA) is 85.1 Å². The Labute approximate surface area is 107 Å². The molecule has 0 amide bonds. The van der Waals surface area contributed by atoms with Crippen molar-refractivity contribution in [3.05, 3.63) is 11.9 Å². The van der Waals surface area contributed by atoms with E-state index in [1.165, 1.54) is 0 Å². The lowest BCUT2D eigenvalue weighted by Gasteiger charge is -2.23. The van der Waals surface area contributed by atoms with Gasteiger partial charge in [-0.25, -0.2) is 15.8 Å². The number of anilines is 2. The Morgan fingerprint density at radius 1 is 1.44 bits per heavy atom. The molecule has 18 heavy (non-hydrogen) atoms. The molecule has 0 radical (unpaired) electrons. The summed E-state index contributed by atoms with van der Waals surface area (Å²) in [6.07, 6.45) is 2.98. The predicted octanol–water partition coefficient (Wildman–Crippen LogP) is 1.31. The Morgan fingerprint density at radius 2 is 2.22 bits per heavy atom. The highest BCUT2D eigenvalue weighted by atomic mass is 16.5. The molecule has 6 heteroatoms. The average molecular weight is 251 g/mol. The standard InChI is InChI=1S/C12H21N5O/c1-3-9-15-10(7-11(16-9)17-13)14-8-12(2)5-4-6-18-12/h7H,3-6,8,13H2,1-2H3,(H2,14,15,16,17). The monoisotopic (exact) mass is 251 g/mol. The number of nitrogens with two attached hydrogens (primary N) is 1. The van der Waals surface area contributed by atoms with Gasteiger partial charge in [-0.3, -0.25) is 0 Å². The second-order valence-electron chi connectivity index (χ2n) is 4.81. The number of rotatable bonds is 5. The molecule has 1 unspecified atom stereocenters. The molecule has 0 aliphatic carbocycles. The molecule has 1 aliphatic rings. The summed E-state index contributed by atoms with van der Waals surface area (Å²) < 4.78 is 5.73. The Balaban J connectivity index is 2.04. The maximum atomic E-state index is 5.73. The van der Waals surface area contributed by atoms with E-state index in [0.717, 1.165) is 44.1 Å². The highest BCUT2D eigenvalue weighted by molar-refractivity contribution is 5.47. The molecule has 0 saturated carbocycles. The summed E-state index contributed by atoms with van der Waals surface area (Å²) in [5.41, 5.74) is 2.47. The van der Waals surface area contributed by atoms with E-state index in [2.05, 4.69) is 27.6 Å². The van der Waals surface area contributed by atoms with Gasteiger partial charge in [0.1, 0.15) is 17.5 Å². The molecule has 0 spiro atoms. The van der Waals surface area contributed by atoms with Gasteiger partial charge in [-0.2, -0.15) is 0 Å². The lowest BCUT2D eigenvalue weighted by molar-refractivity contribution is 0.0314. The van der Waals surface area contributed by atoms with Crippen molar-refractivity contribution in [2.24, 2.45) is 5.84 Å². The summed E-state index contributed by atoms with van der Waals surface area (Å²) in [6.45, 7) is 5.73. The summed E-state index contributed by atoms with van der Waals surface area (Å²) in [4.78, 5) is 8.67. The molecule has 6 nitrogen and oxygen atoms in total. The molecule has 1 aromatic rings. The lowest BCUT2D eigenvalue weighted by Crippen LogP contribution is -2.32. The van der Waals surface area contributed by atoms with E-state index in [1.54, 1.807) is 6.07 Å². The molecule has 1 aliphatic heterocycles. The van der Waals surface area contributed by atoms with Crippen LogP contribution in [0.2, 0.25) is 0 Å². The van der Waals surface area contributed by atoms with Gasteiger partial charge in [-0.15, -0.1) is 0 Å². The Bertz CT molecular complexity index is 381. The minimum Gasteiger partial charge on any atom is -0.373 e. The number of aryl methyl sites for hydroxylation is 1. The van der Waals surface area contributed by atoms with E-state index in [0.29, 0.717) is 5.82 Å². The molecule has 1 atom stereocenters. The first kappa shape index (κ1) is 13.0. The van der Waals surface area contributed by atoms with E-state index in [-0.39, 0.29) is 5.60 Å². The molecule has 0 bridgehead atoms. The molecule has 2 rings (SSSR count). The molecule has 2 heterocycles. The van der Waals surface area contributed by atoms with Crippen LogP contribution in [0.15, 0.2) is 6.07 Å². The van der Waals surface area contributed by atoms with Gasteiger partial charge in [0.25, 0.3) is 0 Å². The van der Waals surface area contributed by atoms with Crippen LogP contribution >= 0.6 is 0 Å². The number of hydrogen-bond acceptors (Lipinski definition) is 6. The lowest BCUT2D eigenvalue weighted by atomic mass is 10.0. The fourth-order valence-electron chi connectivity index (χ4n) is 2.07. The Hall–Kier alpha value is -1.40. The zero-order valence-corrected chi connectivity index (χ0v) is 11.0. The van der Waals surface area contributed by atoms with Gasteiger partial charge in [0.05, 0.1) is 5.60 Å². The van der Waals surface area contributed by atoms with Crippen LogP contribution in [-0.2, 0) is 11.2 Å². The maximum absolute atomic E-state index is 5.73. The van der Waals surface area contributed by atoms with Crippen molar-refractivity contribution in [2.45, 2.75) is 38.7 Å². The fourth-order valence-corrected chi connectivity index (χ4v) is 2.07. The van der Waals surface area contributed by atoms with Crippen molar-refractivity contribution in [2.75, 3.05) is 23.9 Å². The normalized spacial score (nSPS) is 23.1. The van der Waals surface area contributed by atoms with Crippen molar-refractivity contribution in [1.82, 2.24) is 9.97 Å². The number of nitrogens with one attached hydrogen (secondary N) is 2. The molecule has 1 fully saturated rings. The van der Waals surface area contributed by atoms with Crippen LogP contribution in [0.5, 0.6) is 0 Å². The van der Waals surface area contributed by atoms with Crippen LogP contribution in [0.3, 0.4) is 0 Å². The van der Waals surface area contributed by atoms with Crippen LogP contribution in [0.1, 0.15) is 32.5 Å². The summed E-state index contributed by atoms with van der Waals surface area (Å²) in [6, 6.07) is 1.80. The van der Waals surface area contributed by atoms with E-state index >= 15 is 0 Å². The minimum absolute atomic E-state index is 0.0896. The fraction of sp³-hybridized carbons (Fsp3) is 0.667. The zero-order chi connectivity index (χ0) is 13.0. The number of aromatic nitrogens is 2. The van der Waals surface area contributed by atoms with Gasteiger partial charge in [0.15, 0.2) is 0 Å². The number of ether oxygens (including phenoxy) is 1. The van der Waals surface area contributed by atoms with Crippen molar-refractivity contribution < 1.29 is 4.74 Å². The summed E-state index contributed by atoms with van der Waals surface area (Å²) in [5.74, 6) is 7.57. The molecule has 1 saturated heterocycles. The first-order chi connectivity index (χ1) is 8.65. The molecule has 4 N–H and O–H groups in total. The highest BCUT2D eigenvalue weighted by Gasteiger charge is 2.29. The van der Waals surface area contributed by atoms with Crippen LogP contribution in [0.25, 0.3) is 0 Å². The van der Waals surface area contributed by atoms with Crippen molar-refractivity contribution in [3.8, 4) is 0 Å². The Morgan fingerprint density at radius 3 is 2.83 bits per heavy atom. The summed E-state index contributed by atoms with van der Waals surface area (Å²) in [7, 11) is 0. The first-order valence-corrected chi connectivity index (χ1v) is 6.37. The third-order valence-corrected chi connectivity index (χ3v) is 3.18. The van der Waals surface area contributed by atoms with Crippen LogP contribution < -0.4 is 16.6 Å². The van der Waals surface area contributed by atoms with Gasteiger partial charge in [-0.05, 0) is 19.8 Å². The highest BCUT2D eigenvalue weighted by Crippen LogP contribution is 2.25. The number of nitrogen functional groups attached to an aromatic ring is 1. The molecule has 1 aromatic heterocycles. The zero-order valence-electron chi connectivity index (χ0n) is 11.0. The van der Waals surface area contributed by atoms with Gasteiger partial charge < -0.3 is 15.5 Å². The number of nitrogens with zero attached hydrogens (tertiary/aromatic N) is 2. The van der Waals surface area contributed by atoms with Crippen molar-refractivity contribution >= 4 is 11.6 Å². The van der Waals surface area contributed by atoms with Gasteiger partial charge in [-0.1, -0.05) is 6.92 Å². The third-order valence-electron chi connectivity index (χ3n) is 3.18. The second-order valence-corrected chi connectivity index (χ2v) is 4.81. The minimum atomic E-state index is -0.0896. The molecule has 0 aromatic carbocycles. The van der Waals surface area contributed by atoms with Gasteiger partial charge in [0, 0.05) is 25.6 Å². The van der Waals surface area contributed by atoms with Crippen LogP contribution in [0, 0.1) is 0 Å². The average Bonchev–Trinajstić information content (AvgIpc) is 2.83. The maximum Gasteiger partial charge on any atom is 0.145 e. The van der Waals surface area contributed by atoms with E-state index in [1.807, 2.05) is 6.92 Å². The largest absolute Gasteiger partial charge is 0.373 e. The Kier molecular flexibility index (Phi) is 3.98. The molecular formula is C12H21N5O. The molecule has 100 valence electrons. The second kappa shape index (κ2) is 5.49. The quantitative estimate of drug-likeness (QED) is 0.540. The predicted molar refractivity (Wildman–Crippen MR) is 71.3 cm³/mol. The third kappa shape index (κ3) is 3.08. The van der Waals surface area contributed by atoms with Gasteiger partial charge in [0.2, 0.25) is 0 Å². The first-order valence-electron chi connectivity index (χ1n) is 6.37. The number of hydrogen-bond donors (Lipinski definition) is 3. The molecular weight excluding hydrogens is 230 g/mol. The number of hydrazine groups is 1. The van der Waals surface area contributed by atoms with Crippen LogP contribution in [-0.4, -0.2) is 28.7 Å². The SMILES string of the molecule is CCc1nc(NN)cc(NCC2(C)CCCO2)n1. The van der Waals surface area contributed by atoms with Crippen molar-refractivity contribution in [1.29, 1.82) is 0 Å². The van der Waals surface area contributed by atoms with E-state index in [9.17, 15) is 0 Å². The van der Waals surface area contributed by atoms with E-state index in [4.69, 9.17) is 10.6 Å². The smallest absolute Gasteiger partial charge is 0.145 e. The van der Waals surface area contributed by atoms with Crippen molar-refractivity contribution in [3.63, 3.8) is 0 Å². The van der Waals surface area contributed by atoms with Gasteiger partial charge >= 0.3 is 0 Å².